The molecule has 0 bridgehead atoms. The average Bonchev–Trinajstić information content (AvgIpc) is 2.68. The van der Waals surface area contributed by atoms with E-state index in [9.17, 15) is 9.90 Å². The van der Waals surface area contributed by atoms with Gasteiger partial charge in [0.25, 0.3) is 5.91 Å². The Morgan fingerprint density at radius 2 is 2.04 bits per heavy atom. The Balaban J connectivity index is 1.46. The zero-order chi connectivity index (χ0) is 19.2. The molecule has 1 amide bonds. The van der Waals surface area contributed by atoms with Crippen LogP contribution in [-0.4, -0.2) is 104 Å². The molecule has 2 saturated heterocycles. The molecule has 1 aromatic carbocycles. The van der Waals surface area contributed by atoms with Crippen molar-refractivity contribution in [3.8, 4) is 5.75 Å². The Hall–Kier alpha value is -1.67. The number of β-amino-alcohol motifs (C(OH)–C–C–N with tert-alkyl or cyclic N) is 1. The highest BCUT2D eigenvalue weighted by atomic mass is 16.5. The summed E-state index contributed by atoms with van der Waals surface area (Å²) in [7, 11) is 1.61. The van der Waals surface area contributed by atoms with E-state index < -0.39 is 0 Å². The molecular formula is C20H31N3O4. The van der Waals surface area contributed by atoms with Gasteiger partial charge in [0, 0.05) is 57.9 Å². The molecule has 0 aliphatic carbocycles. The van der Waals surface area contributed by atoms with E-state index >= 15 is 0 Å². The Morgan fingerprint density at radius 3 is 2.74 bits per heavy atom. The number of hydrogen-bond acceptors (Lipinski definition) is 6. The van der Waals surface area contributed by atoms with Crippen LogP contribution in [0.1, 0.15) is 17.3 Å². The summed E-state index contributed by atoms with van der Waals surface area (Å²) in [6.45, 7) is 8.99. The Labute approximate surface area is 161 Å². The molecule has 1 aromatic rings. The zero-order valence-electron chi connectivity index (χ0n) is 16.3. The van der Waals surface area contributed by atoms with Gasteiger partial charge in [0.15, 0.2) is 0 Å². The molecule has 3 rings (SSSR count). The molecule has 27 heavy (non-hydrogen) atoms. The molecule has 2 atom stereocenters. The molecule has 150 valence electrons. The highest BCUT2D eigenvalue weighted by molar-refractivity contribution is 5.94. The maximum atomic E-state index is 12.7. The lowest BCUT2D eigenvalue weighted by Gasteiger charge is -2.39. The molecule has 2 heterocycles. The molecule has 7 nitrogen and oxygen atoms in total. The van der Waals surface area contributed by atoms with Crippen molar-refractivity contribution in [2.75, 3.05) is 66.1 Å². The van der Waals surface area contributed by atoms with Gasteiger partial charge in [-0.3, -0.25) is 14.6 Å². The van der Waals surface area contributed by atoms with Gasteiger partial charge < -0.3 is 19.5 Å². The quantitative estimate of drug-likeness (QED) is 0.780. The van der Waals surface area contributed by atoms with Crippen molar-refractivity contribution in [1.29, 1.82) is 0 Å². The van der Waals surface area contributed by atoms with E-state index in [4.69, 9.17) is 9.47 Å². The van der Waals surface area contributed by atoms with Crippen LogP contribution in [0, 0.1) is 0 Å². The second-order valence-corrected chi connectivity index (χ2v) is 7.43. The Morgan fingerprint density at radius 1 is 1.26 bits per heavy atom. The maximum absolute atomic E-state index is 12.7. The van der Waals surface area contributed by atoms with Gasteiger partial charge in [0.2, 0.25) is 0 Å². The van der Waals surface area contributed by atoms with Crippen molar-refractivity contribution in [2.45, 2.75) is 19.1 Å². The highest BCUT2D eigenvalue weighted by Crippen LogP contribution is 2.16. The predicted octanol–water partition coefficient (Wildman–Crippen LogP) is 0.535. The van der Waals surface area contributed by atoms with Crippen molar-refractivity contribution in [3.63, 3.8) is 0 Å². The number of piperazine rings is 1. The molecular weight excluding hydrogens is 346 g/mol. The summed E-state index contributed by atoms with van der Waals surface area (Å²) in [5, 5.41) is 9.58. The zero-order valence-corrected chi connectivity index (χ0v) is 16.3. The molecule has 2 unspecified atom stereocenters. The summed E-state index contributed by atoms with van der Waals surface area (Å²) in [6, 6.07) is 7.33. The van der Waals surface area contributed by atoms with E-state index in [1.807, 2.05) is 30.0 Å². The van der Waals surface area contributed by atoms with Gasteiger partial charge in [-0.25, -0.2) is 0 Å². The lowest BCUT2D eigenvalue weighted by atomic mass is 10.1. The van der Waals surface area contributed by atoms with Crippen LogP contribution in [0.3, 0.4) is 0 Å². The van der Waals surface area contributed by atoms with Crippen molar-refractivity contribution in [1.82, 2.24) is 14.7 Å². The van der Waals surface area contributed by atoms with E-state index in [1.54, 1.807) is 13.2 Å². The first-order valence-electron chi connectivity index (χ1n) is 9.73. The number of nitrogens with zero attached hydrogens (tertiary/aromatic N) is 3. The topological polar surface area (TPSA) is 65.5 Å². The van der Waals surface area contributed by atoms with Crippen LogP contribution in [-0.2, 0) is 4.74 Å². The largest absolute Gasteiger partial charge is 0.497 e. The van der Waals surface area contributed by atoms with E-state index in [0.717, 1.165) is 45.8 Å². The predicted molar refractivity (Wildman–Crippen MR) is 103 cm³/mol. The second-order valence-electron chi connectivity index (χ2n) is 7.43. The lowest BCUT2D eigenvalue weighted by Crippen LogP contribution is -2.54. The molecule has 0 aromatic heterocycles. The number of carbonyl (C=O) groups is 1. The van der Waals surface area contributed by atoms with Crippen LogP contribution in [0.15, 0.2) is 24.3 Å². The van der Waals surface area contributed by atoms with Crippen LogP contribution in [0.5, 0.6) is 5.75 Å². The SMILES string of the molecule is COc1cccc(C(=O)N2CCN(CC3CN(CC(C)O)CCO3)CC2)c1. The summed E-state index contributed by atoms with van der Waals surface area (Å²) < 4.78 is 11.1. The van der Waals surface area contributed by atoms with Crippen molar-refractivity contribution in [3.05, 3.63) is 29.8 Å². The van der Waals surface area contributed by atoms with Gasteiger partial charge >= 0.3 is 0 Å². The third-order valence-electron chi connectivity index (χ3n) is 5.18. The van der Waals surface area contributed by atoms with Crippen molar-refractivity contribution < 1.29 is 19.4 Å². The number of amides is 1. The molecule has 2 aliphatic heterocycles. The number of carbonyl (C=O) groups excluding carboxylic acids is 1. The van der Waals surface area contributed by atoms with E-state index in [1.165, 1.54) is 0 Å². The molecule has 0 saturated carbocycles. The van der Waals surface area contributed by atoms with Crippen LogP contribution in [0.25, 0.3) is 0 Å². The van der Waals surface area contributed by atoms with Gasteiger partial charge in [0.05, 0.1) is 25.9 Å². The van der Waals surface area contributed by atoms with E-state index in [-0.39, 0.29) is 18.1 Å². The van der Waals surface area contributed by atoms with Crippen LogP contribution in [0.4, 0.5) is 0 Å². The van der Waals surface area contributed by atoms with Gasteiger partial charge in [0.1, 0.15) is 5.75 Å². The molecule has 0 spiro atoms. The maximum Gasteiger partial charge on any atom is 0.254 e. The fourth-order valence-corrected chi connectivity index (χ4v) is 3.79. The minimum absolute atomic E-state index is 0.0607. The second kappa shape index (κ2) is 9.50. The highest BCUT2D eigenvalue weighted by Gasteiger charge is 2.27. The minimum atomic E-state index is -0.310. The third kappa shape index (κ3) is 5.65. The number of aliphatic hydroxyl groups is 1. The van der Waals surface area contributed by atoms with Gasteiger partial charge in [-0.1, -0.05) is 6.07 Å². The number of morpholine rings is 1. The number of hydrogen-bond donors (Lipinski definition) is 1. The normalized spacial score (nSPS) is 23.2. The van der Waals surface area contributed by atoms with Gasteiger partial charge in [-0.2, -0.15) is 0 Å². The number of ether oxygens (including phenoxy) is 2. The molecule has 7 heteroatoms. The lowest BCUT2D eigenvalue weighted by molar-refractivity contribution is -0.0551. The molecule has 2 aliphatic rings. The first kappa shape index (κ1) is 20.1. The average molecular weight is 377 g/mol. The summed E-state index contributed by atoms with van der Waals surface area (Å²) in [4.78, 5) is 19.2. The minimum Gasteiger partial charge on any atom is -0.497 e. The summed E-state index contributed by atoms with van der Waals surface area (Å²) in [6.07, 6.45) is -0.145. The third-order valence-corrected chi connectivity index (χ3v) is 5.18. The summed E-state index contributed by atoms with van der Waals surface area (Å²) in [5.74, 6) is 0.765. The number of benzene rings is 1. The fraction of sp³-hybridized carbons (Fsp3) is 0.650. The molecule has 2 fully saturated rings. The van der Waals surface area contributed by atoms with E-state index in [2.05, 4.69) is 9.80 Å². The first-order valence-corrected chi connectivity index (χ1v) is 9.73. The number of rotatable bonds is 6. The Kier molecular flexibility index (Phi) is 7.07. The smallest absolute Gasteiger partial charge is 0.254 e. The molecule has 0 radical (unpaired) electrons. The summed E-state index contributed by atoms with van der Waals surface area (Å²) in [5.41, 5.74) is 0.673. The monoisotopic (exact) mass is 377 g/mol. The number of aliphatic hydroxyl groups excluding tert-OH is 1. The fourth-order valence-electron chi connectivity index (χ4n) is 3.79. The standard InChI is InChI=1S/C20H31N3O4/c1-16(24)13-22-10-11-27-19(15-22)14-21-6-8-23(9-7-21)20(25)17-4-3-5-18(12-17)26-2/h3-5,12,16,19,24H,6-11,13-15H2,1-2H3. The summed E-state index contributed by atoms with van der Waals surface area (Å²) >= 11 is 0. The first-order chi connectivity index (χ1) is 13.0. The molecule has 1 N–H and O–H groups in total. The van der Waals surface area contributed by atoms with Crippen LogP contribution >= 0.6 is 0 Å². The van der Waals surface area contributed by atoms with Crippen LogP contribution < -0.4 is 4.74 Å². The van der Waals surface area contributed by atoms with Gasteiger partial charge in [-0.05, 0) is 25.1 Å². The van der Waals surface area contributed by atoms with Crippen molar-refractivity contribution in [2.24, 2.45) is 0 Å². The van der Waals surface area contributed by atoms with Crippen LogP contribution in [0.2, 0.25) is 0 Å². The van der Waals surface area contributed by atoms with Crippen molar-refractivity contribution >= 4 is 5.91 Å². The van der Waals surface area contributed by atoms with E-state index in [0.29, 0.717) is 24.5 Å². The van der Waals surface area contributed by atoms with Gasteiger partial charge in [-0.15, -0.1) is 0 Å². The Bertz CT molecular complexity index is 617. The number of methoxy groups -OCH3 is 1.